The first-order chi connectivity index (χ1) is 10.0. The van der Waals surface area contributed by atoms with Gasteiger partial charge in [0.25, 0.3) is 10.0 Å². The van der Waals surface area contributed by atoms with Crippen molar-refractivity contribution in [2.24, 2.45) is 5.92 Å². The van der Waals surface area contributed by atoms with Crippen molar-refractivity contribution in [2.45, 2.75) is 17.6 Å². The maximum absolute atomic E-state index is 12.7. The zero-order valence-electron chi connectivity index (χ0n) is 11.9. The molecule has 1 unspecified atom stereocenters. The van der Waals surface area contributed by atoms with Gasteiger partial charge in [0.2, 0.25) is 0 Å². The number of rotatable bonds is 6. The predicted molar refractivity (Wildman–Crippen MR) is 76.8 cm³/mol. The number of hydrogen-bond acceptors (Lipinski definition) is 7. The molecule has 1 fully saturated rings. The molecular weight excluding hydrogens is 316 g/mol. The van der Waals surface area contributed by atoms with Gasteiger partial charge in [-0.1, -0.05) is 6.92 Å². The van der Waals surface area contributed by atoms with E-state index < -0.39 is 16.0 Å². The van der Waals surface area contributed by atoms with E-state index in [2.05, 4.69) is 9.72 Å². The minimum Gasteiger partial charge on any atom is -0.464 e. The van der Waals surface area contributed by atoms with Crippen LogP contribution >= 0.6 is 11.3 Å². The van der Waals surface area contributed by atoms with E-state index in [9.17, 15) is 13.2 Å². The number of nitrogens with zero attached hydrogens (tertiary/aromatic N) is 2. The van der Waals surface area contributed by atoms with Crippen LogP contribution in [0.15, 0.2) is 9.72 Å². The van der Waals surface area contributed by atoms with E-state index >= 15 is 0 Å². The third-order valence-electron chi connectivity index (χ3n) is 3.33. The van der Waals surface area contributed by atoms with Crippen LogP contribution in [0.2, 0.25) is 0 Å². The Morgan fingerprint density at radius 1 is 1.62 bits per heavy atom. The fraction of sp³-hybridized carbons (Fsp3) is 0.667. The van der Waals surface area contributed by atoms with E-state index in [-0.39, 0.29) is 15.8 Å². The number of methoxy groups -OCH3 is 1. The third-order valence-corrected chi connectivity index (χ3v) is 6.61. The number of esters is 1. The third kappa shape index (κ3) is 3.42. The topological polar surface area (TPSA) is 85.8 Å². The van der Waals surface area contributed by atoms with Crippen LogP contribution in [0, 0.1) is 5.92 Å². The Bertz CT molecular complexity index is 593. The number of carbonyl (C=O) groups excluding carboxylic acids is 1. The quantitative estimate of drug-likeness (QED) is 0.721. The van der Waals surface area contributed by atoms with Crippen LogP contribution in [-0.4, -0.2) is 57.1 Å². The molecule has 0 spiro atoms. The van der Waals surface area contributed by atoms with Gasteiger partial charge in [-0.2, -0.15) is 4.31 Å². The number of thiazole rings is 1. The lowest BCUT2D eigenvalue weighted by molar-refractivity contribution is 0.0590. The van der Waals surface area contributed by atoms with E-state index in [1.54, 1.807) is 6.92 Å². The van der Waals surface area contributed by atoms with Gasteiger partial charge in [-0.15, -0.1) is 11.3 Å². The minimum absolute atomic E-state index is 0.0601. The molecule has 1 atom stereocenters. The monoisotopic (exact) mass is 334 g/mol. The molecule has 1 aromatic heterocycles. The standard InChI is InChI=1S/C12H18N2O5S2/c1-3-14(6-9-4-5-19-7-9)21(16,17)12-10(11(15)18-2)13-8-20-12/h8-9H,3-7H2,1-2H3. The average molecular weight is 334 g/mol. The van der Waals surface area contributed by atoms with Crippen LogP contribution in [0.25, 0.3) is 0 Å². The summed E-state index contributed by atoms with van der Waals surface area (Å²) in [4.78, 5) is 15.4. The van der Waals surface area contributed by atoms with Crippen molar-refractivity contribution in [3.8, 4) is 0 Å². The summed E-state index contributed by atoms with van der Waals surface area (Å²) in [6, 6.07) is 0. The molecule has 1 aliphatic heterocycles. The Hall–Kier alpha value is -1.03. The van der Waals surface area contributed by atoms with Crippen molar-refractivity contribution >= 4 is 27.3 Å². The first-order valence-corrected chi connectivity index (χ1v) is 8.92. The SMILES string of the molecule is CCN(CC1CCOC1)S(=O)(=O)c1scnc1C(=O)OC. The van der Waals surface area contributed by atoms with Crippen molar-refractivity contribution in [1.29, 1.82) is 0 Å². The van der Waals surface area contributed by atoms with Crippen molar-refractivity contribution in [3.63, 3.8) is 0 Å². The molecule has 1 aromatic rings. The number of carbonyl (C=O) groups is 1. The van der Waals surface area contributed by atoms with Gasteiger partial charge in [0.1, 0.15) is 0 Å². The molecule has 0 aromatic carbocycles. The summed E-state index contributed by atoms with van der Waals surface area (Å²) in [5.41, 5.74) is 1.19. The van der Waals surface area contributed by atoms with Gasteiger partial charge < -0.3 is 9.47 Å². The Morgan fingerprint density at radius 3 is 2.95 bits per heavy atom. The van der Waals surface area contributed by atoms with Crippen LogP contribution in [0.1, 0.15) is 23.8 Å². The first-order valence-electron chi connectivity index (χ1n) is 6.60. The molecule has 2 rings (SSSR count). The molecule has 7 nitrogen and oxygen atoms in total. The molecule has 21 heavy (non-hydrogen) atoms. The lowest BCUT2D eigenvalue weighted by atomic mass is 10.1. The summed E-state index contributed by atoms with van der Waals surface area (Å²) >= 11 is 0.929. The predicted octanol–water partition coefficient (Wildman–Crippen LogP) is 0.977. The summed E-state index contributed by atoms with van der Waals surface area (Å²) in [5, 5.41) is 0. The number of sulfonamides is 1. The lowest BCUT2D eigenvalue weighted by Crippen LogP contribution is -2.35. The highest BCUT2D eigenvalue weighted by Gasteiger charge is 2.33. The van der Waals surface area contributed by atoms with Gasteiger partial charge in [-0.25, -0.2) is 18.2 Å². The fourth-order valence-electron chi connectivity index (χ4n) is 2.18. The van der Waals surface area contributed by atoms with E-state index in [1.165, 1.54) is 16.9 Å². The molecule has 1 aliphatic rings. The van der Waals surface area contributed by atoms with Gasteiger partial charge in [-0.3, -0.25) is 0 Å². The molecule has 0 bridgehead atoms. The largest absolute Gasteiger partial charge is 0.464 e. The van der Waals surface area contributed by atoms with Crippen molar-refractivity contribution in [1.82, 2.24) is 9.29 Å². The van der Waals surface area contributed by atoms with E-state index in [0.717, 1.165) is 17.8 Å². The Balaban J connectivity index is 2.26. The van der Waals surface area contributed by atoms with Crippen LogP contribution in [0.4, 0.5) is 0 Å². The van der Waals surface area contributed by atoms with Crippen molar-refractivity contribution < 1.29 is 22.7 Å². The molecule has 0 N–H and O–H groups in total. The fourth-order valence-corrected chi connectivity index (χ4v) is 4.98. The Morgan fingerprint density at radius 2 is 2.38 bits per heavy atom. The molecule has 9 heteroatoms. The van der Waals surface area contributed by atoms with Crippen LogP contribution in [-0.2, 0) is 19.5 Å². The summed E-state index contributed by atoms with van der Waals surface area (Å²) < 4.78 is 36.6. The van der Waals surface area contributed by atoms with E-state index in [1.807, 2.05) is 0 Å². The molecule has 2 heterocycles. The molecular formula is C12H18N2O5S2. The van der Waals surface area contributed by atoms with Gasteiger partial charge in [0.15, 0.2) is 9.90 Å². The minimum atomic E-state index is -3.75. The lowest BCUT2D eigenvalue weighted by Gasteiger charge is -2.22. The first kappa shape index (κ1) is 16.3. The van der Waals surface area contributed by atoms with Gasteiger partial charge in [0.05, 0.1) is 19.2 Å². The highest BCUT2D eigenvalue weighted by atomic mass is 32.2. The number of ether oxygens (including phenoxy) is 2. The van der Waals surface area contributed by atoms with Crippen LogP contribution in [0.5, 0.6) is 0 Å². The normalized spacial score (nSPS) is 19.1. The van der Waals surface area contributed by atoms with Crippen LogP contribution in [0.3, 0.4) is 0 Å². The van der Waals surface area contributed by atoms with E-state index in [4.69, 9.17) is 4.74 Å². The molecule has 0 amide bonds. The Kier molecular flexibility index (Phi) is 5.31. The molecule has 0 saturated carbocycles. The van der Waals surface area contributed by atoms with E-state index in [0.29, 0.717) is 26.3 Å². The van der Waals surface area contributed by atoms with Crippen molar-refractivity contribution in [3.05, 3.63) is 11.2 Å². The average Bonchev–Trinajstić information content (AvgIpc) is 3.14. The second-order valence-electron chi connectivity index (χ2n) is 4.67. The summed E-state index contributed by atoms with van der Waals surface area (Å²) in [6.45, 7) is 3.72. The highest BCUT2D eigenvalue weighted by Crippen LogP contribution is 2.26. The zero-order chi connectivity index (χ0) is 15.5. The zero-order valence-corrected chi connectivity index (χ0v) is 13.6. The summed E-state index contributed by atoms with van der Waals surface area (Å²) in [7, 11) is -2.55. The highest BCUT2D eigenvalue weighted by molar-refractivity contribution is 7.91. The molecule has 1 saturated heterocycles. The molecule has 0 radical (unpaired) electrons. The number of hydrogen-bond donors (Lipinski definition) is 0. The van der Waals surface area contributed by atoms with Crippen molar-refractivity contribution in [2.75, 3.05) is 33.4 Å². The molecule has 118 valence electrons. The van der Waals surface area contributed by atoms with Gasteiger partial charge in [0, 0.05) is 19.7 Å². The van der Waals surface area contributed by atoms with Gasteiger partial charge in [-0.05, 0) is 12.3 Å². The summed E-state index contributed by atoms with van der Waals surface area (Å²) in [5.74, 6) is -0.552. The summed E-state index contributed by atoms with van der Waals surface area (Å²) in [6.07, 6.45) is 0.846. The second-order valence-corrected chi connectivity index (χ2v) is 7.65. The van der Waals surface area contributed by atoms with Crippen LogP contribution < -0.4 is 0 Å². The Labute approximate surface area is 127 Å². The maximum atomic E-state index is 12.7. The smallest absolute Gasteiger partial charge is 0.358 e. The number of aromatic nitrogens is 1. The molecule has 0 aliphatic carbocycles. The second kappa shape index (κ2) is 6.82. The maximum Gasteiger partial charge on any atom is 0.358 e. The van der Waals surface area contributed by atoms with Gasteiger partial charge >= 0.3 is 5.97 Å².